The topological polar surface area (TPSA) is 43.1 Å². The standard InChI is InChI=1S/C13H10N4/c1-2-7-14-12(3-1)5-4-11-6-8-17-13(9-11)15-10-16-17/h1-10H/b5-4+. The summed E-state index contributed by atoms with van der Waals surface area (Å²) in [6.07, 6.45) is 9.20. The van der Waals surface area contributed by atoms with Crippen LogP contribution in [0.25, 0.3) is 17.8 Å². The van der Waals surface area contributed by atoms with Crippen LogP contribution in [0.2, 0.25) is 0 Å². The molecule has 3 aromatic rings. The molecule has 0 saturated carbocycles. The van der Waals surface area contributed by atoms with E-state index in [2.05, 4.69) is 15.1 Å². The molecule has 0 aliphatic heterocycles. The lowest BCUT2D eigenvalue weighted by molar-refractivity contribution is 0.960. The van der Waals surface area contributed by atoms with Crippen molar-refractivity contribution in [3.63, 3.8) is 0 Å². The Bertz CT molecular complexity index is 655. The molecule has 4 nitrogen and oxygen atoms in total. The first-order chi connectivity index (χ1) is 8.42. The summed E-state index contributed by atoms with van der Waals surface area (Å²) in [4.78, 5) is 8.36. The van der Waals surface area contributed by atoms with Gasteiger partial charge in [-0.2, -0.15) is 5.10 Å². The first-order valence-electron chi connectivity index (χ1n) is 5.30. The monoisotopic (exact) mass is 222 g/mol. The maximum Gasteiger partial charge on any atom is 0.155 e. The van der Waals surface area contributed by atoms with E-state index < -0.39 is 0 Å². The second-order valence-corrected chi connectivity index (χ2v) is 3.61. The number of hydrogen-bond donors (Lipinski definition) is 0. The molecule has 4 heteroatoms. The molecule has 0 N–H and O–H groups in total. The van der Waals surface area contributed by atoms with Crippen LogP contribution in [-0.4, -0.2) is 19.6 Å². The van der Waals surface area contributed by atoms with E-state index >= 15 is 0 Å². The van der Waals surface area contributed by atoms with Gasteiger partial charge in [-0.05, 0) is 35.9 Å². The molecule has 0 spiro atoms. The molecule has 0 atom stereocenters. The summed E-state index contributed by atoms with van der Waals surface area (Å²) in [5.41, 5.74) is 2.86. The molecule has 0 aromatic carbocycles. The highest BCUT2D eigenvalue weighted by Gasteiger charge is 1.94. The number of fused-ring (bicyclic) bond motifs is 1. The molecule has 0 aliphatic rings. The Hall–Kier alpha value is -2.49. The lowest BCUT2D eigenvalue weighted by Crippen LogP contribution is -1.86. The Morgan fingerprint density at radius 1 is 1.06 bits per heavy atom. The third-order valence-electron chi connectivity index (χ3n) is 2.44. The molecule has 17 heavy (non-hydrogen) atoms. The van der Waals surface area contributed by atoms with Gasteiger partial charge in [-0.3, -0.25) is 4.98 Å². The minimum Gasteiger partial charge on any atom is -0.257 e. The van der Waals surface area contributed by atoms with E-state index in [0.29, 0.717) is 0 Å². The molecular formula is C13H10N4. The summed E-state index contributed by atoms with van der Waals surface area (Å²) in [5, 5.41) is 4.05. The van der Waals surface area contributed by atoms with Crippen LogP contribution in [-0.2, 0) is 0 Å². The van der Waals surface area contributed by atoms with E-state index in [4.69, 9.17) is 0 Å². The van der Waals surface area contributed by atoms with Crippen molar-refractivity contribution >= 4 is 17.8 Å². The van der Waals surface area contributed by atoms with Gasteiger partial charge >= 0.3 is 0 Å². The molecule has 3 aromatic heterocycles. The van der Waals surface area contributed by atoms with Crippen LogP contribution in [0.1, 0.15) is 11.3 Å². The number of aromatic nitrogens is 4. The SMILES string of the molecule is C(=C\c1ccccn1)/c1ccn2ncnc2c1. The van der Waals surface area contributed by atoms with Crippen molar-refractivity contribution in [2.45, 2.75) is 0 Å². The predicted octanol–water partition coefficient (Wildman–Crippen LogP) is 2.29. The highest BCUT2D eigenvalue weighted by atomic mass is 15.3. The van der Waals surface area contributed by atoms with Crippen LogP contribution in [0, 0.1) is 0 Å². The molecule has 0 aliphatic carbocycles. The summed E-state index contributed by atoms with van der Waals surface area (Å²) in [6.45, 7) is 0. The van der Waals surface area contributed by atoms with Crippen molar-refractivity contribution in [3.05, 3.63) is 60.3 Å². The number of pyridine rings is 2. The van der Waals surface area contributed by atoms with Gasteiger partial charge in [0.25, 0.3) is 0 Å². The fourth-order valence-corrected chi connectivity index (χ4v) is 1.59. The predicted molar refractivity (Wildman–Crippen MR) is 66.2 cm³/mol. The smallest absolute Gasteiger partial charge is 0.155 e. The fraction of sp³-hybridized carbons (Fsp3) is 0. The van der Waals surface area contributed by atoms with Gasteiger partial charge in [0.1, 0.15) is 6.33 Å². The van der Waals surface area contributed by atoms with E-state index in [1.165, 1.54) is 0 Å². The van der Waals surface area contributed by atoms with Crippen molar-refractivity contribution in [1.82, 2.24) is 19.6 Å². The summed E-state index contributed by atoms with van der Waals surface area (Å²) < 4.78 is 1.73. The minimum atomic E-state index is 0.841. The van der Waals surface area contributed by atoms with Crippen LogP contribution in [0.3, 0.4) is 0 Å². The van der Waals surface area contributed by atoms with E-state index in [1.807, 2.05) is 48.7 Å². The lowest BCUT2D eigenvalue weighted by Gasteiger charge is -1.95. The zero-order valence-corrected chi connectivity index (χ0v) is 9.06. The highest BCUT2D eigenvalue weighted by molar-refractivity contribution is 5.69. The summed E-state index contributed by atoms with van der Waals surface area (Å²) in [6, 6.07) is 9.80. The van der Waals surface area contributed by atoms with E-state index in [1.54, 1.807) is 17.0 Å². The molecule has 0 unspecified atom stereocenters. The van der Waals surface area contributed by atoms with Crippen molar-refractivity contribution in [3.8, 4) is 0 Å². The number of hydrogen-bond acceptors (Lipinski definition) is 3. The first-order valence-corrected chi connectivity index (χ1v) is 5.30. The molecule has 82 valence electrons. The van der Waals surface area contributed by atoms with Crippen LogP contribution in [0.4, 0.5) is 0 Å². The quantitative estimate of drug-likeness (QED) is 0.668. The van der Waals surface area contributed by atoms with Gasteiger partial charge in [-0.25, -0.2) is 9.50 Å². The zero-order valence-electron chi connectivity index (χ0n) is 9.06. The summed E-state index contributed by atoms with van der Waals surface area (Å²) in [7, 11) is 0. The Morgan fingerprint density at radius 3 is 2.94 bits per heavy atom. The molecule has 3 heterocycles. The lowest BCUT2D eigenvalue weighted by atomic mass is 10.2. The number of rotatable bonds is 2. The molecule has 0 bridgehead atoms. The second-order valence-electron chi connectivity index (χ2n) is 3.61. The first kappa shape index (κ1) is 9.72. The largest absolute Gasteiger partial charge is 0.257 e. The van der Waals surface area contributed by atoms with Gasteiger partial charge < -0.3 is 0 Å². The van der Waals surface area contributed by atoms with Crippen molar-refractivity contribution in [1.29, 1.82) is 0 Å². The molecule has 0 saturated heterocycles. The van der Waals surface area contributed by atoms with Crippen molar-refractivity contribution < 1.29 is 0 Å². The molecular weight excluding hydrogens is 212 g/mol. The third-order valence-corrected chi connectivity index (χ3v) is 2.44. The van der Waals surface area contributed by atoms with Crippen LogP contribution in [0.5, 0.6) is 0 Å². The normalized spacial score (nSPS) is 11.3. The van der Waals surface area contributed by atoms with E-state index in [-0.39, 0.29) is 0 Å². The van der Waals surface area contributed by atoms with Crippen molar-refractivity contribution in [2.75, 3.05) is 0 Å². The zero-order chi connectivity index (χ0) is 11.5. The Kier molecular flexibility index (Phi) is 2.38. The van der Waals surface area contributed by atoms with Crippen LogP contribution < -0.4 is 0 Å². The van der Waals surface area contributed by atoms with Crippen molar-refractivity contribution in [2.24, 2.45) is 0 Å². The summed E-state index contributed by atoms with van der Waals surface area (Å²) >= 11 is 0. The molecule has 0 fully saturated rings. The maximum atomic E-state index is 4.23. The average molecular weight is 222 g/mol. The third kappa shape index (κ3) is 2.06. The van der Waals surface area contributed by atoms with Gasteiger partial charge in [-0.15, -0.1) is 0 Å². The van der Waals surface area contributed by atoms with Crippen LogP contribution in [0.15, 0.2) is 49.1 Å². The molecule has 0 radical (unpaired) electrons. The minimum absolute atomic E-state index is 0.841. The molecule has 3 rings (SSSR count). The highest BCUT2D eigenvalue weighted by Crippen LogP contribution is 2.08. The Labute approximate surface area is 98.3 Å². The average Bonchev–Trinajstić information content (AvgIpc) is 2.85. The summed E-state index contributed by atoms with van der Waals surface area (Å²) in [5.74, 6) is 0. The van der Waals surface area contributed by atoms with Gasteiger partial charge in [0, 0.05) is 12.4 Å². The van der Waals surface area contributed by atoms with Gasteiger partial charge in [0.05, 0.1) is 5.69 Å². The Morgan fingerprint density at radius 2 is 2.06 bits per heavy atom. The van der Waals surface area contributed by atoms with Crippen LogP contribution >= 0.6 is 0 Å². The van der Waals surface area contributed by atoms with Gasteiger partial charge in [0.2, 0.25) is 0 Å². The van der Waals surface area contributed by atoms with Gasteiger partial charge in [-0.1, -0.05) is 12.1 Å². The fourth-order valence-electron chi connectivity index (χ4n) is 1.59. The molecule has 0 amide bonds. The van der Waals surface area contributed by atoms with Gasteiger partial charge in [0.15, 0.2) is 5.65 Å². The maximum absolute atomic E-state index is 4.23. The van der Waals surface area contributed by atoms with E-state index in [9.17, 15) is 0 Å². The number of nitrogens with zero attached hydrogens (tertiary/aromatic N) is 4. The Balaban J connectivity index is 1.92. The van der Waals surface area contributed by atoms with E-state index in [0.717, 1.165) is 16.9 Å². The second kappa shape index (κ2) is 4.17.